The first-order valence-electron chi connectivity index (χ1n) is 6.78. The second kappa shape index (κ2) is 5.91. The van der Waals surface area contributed by atoms with Gasteiger partial charge < -0.3 is 4.74 Å². The molecule has 2 nitrogen and oxygen atoms in total. The zero-order valence-corrected chi connectivity index (χ0v) is 12.5. The first-order valence-corrected chi connectivity index (χ1v) is 6.78. The van der Waals surface area contributed by atoms with Gasteiger partial charge >= 0.3 is 0 Å². The monoisotopic (exact) mass is 268 g/mol. The van der Waals surface area contributed by atoms with Crippen LogP contribution in [-0.2, 0) is 0 Å². The lowest BCUT2D eigenvalue weighted by atomic mass is 9.97. The molecule has 0 N–H and O–H groups in total. The second-order valence-electron chi connectivity index (χ2n) is 5.30. The fourth-order valence-corrected chi connectivity index (χ4v) is 2.55. The molecule has 2 heteroatoms. The molecule has 20 heavy (non-hydrogen) atoms. The number of ether oxygens (including phenoxy) is 1. The summed E-state index contributed by atoms with van der Waals surface area (Å²) in [4.78, 5) is 12.3. The van der Waals surface area contributed by atoms with Crippen LogP contribution < -0.4 is 4.74 Å². The maximum atomic E-state index is 12.3. The van der Waals surface area contributed by atoms with Crippen molar-refractivity contribution in [2.45, 2.75) is 27.7 Å². The number of benzene rings is 2. The normalized spacial score (nSPS) is 10.4. The van der Waals surface area contributed by atoms with E-state index in [-0.39, 0.29) is 12.4 Å². The number of carbonyl (C=O) groups is 1. The van der Waals surface area contributed by atoms with Crippen molar-refractivity contribution in [1.29, 1.82) is 0 Å². The summed E-state index contributed by atoms with van der Waals surface area (Å²) in [5, 5.41) is 0. The minimum absolute atomic E-state index is 0.0292. The van der Waals surface area contributed by atoms with Crippen molar-refractivity contribution in [3.05, 3.63) is 64.2 Å². The van der Waals surface area contributed by atoms with Gasteiger partial charge in [0.1, 0.15) is 5.75 Å². The van der Waals surface area contributed by atoms with Gasteiger partial charge in [0, 0.05) is 5.56 Å². The number of hydrogen-bond donors (Lipinski definition) is 0. The summed E-state index contributed by atoms with van der Waals surface area (Å²) in [7, 11) is 0. The number of aryl methyl sites for hydroxylation is 4. The Morgan fingerprint density at radius 3 is 2.20 bits per heavy atom. The van der Waals surface area contributed by atoms with Crippen molar-refractivity contribution in [2.24, 2.45) is 0 Å². The van der Waals surface area contributed by atoms with Crippen LogP contribution in [0.2, 0.25) is 0 Å². The van der Waals surface area contributed by atoms with E-state index in [1.807, 2.05) is 64.1 Å². The van der Waals surface area contributed by atoms with Gasteiger partial charge in [-0.3, -0.25) is 4.79 Å². The lowest BCUT2D eigenvalue weighted by Crippen LogP contribution is -2.14. The van der Waals surface area contributed by atoms with Crippen LogP contribution in [0.5, 0.6) is 5.75 Å². The quantitative estimate of drug-likeness (QED) is 0.777. The summed E-state index contributed by atoms with van der Waals surface area (Å²) < 4.78 is 5.59. The molecular weight excluding hydrogens is 248 g/mol. The summed E-state index contributed by atoms with van der Waals surface area (Å²) in [6.07, 6.45) is 0. The van der Waals surface area contributed by atoms with Crippen LogP contribution in [0.4, 0.5) is 0 Å². The molecule has 0 heterocycles. The van der Waals surface area contributed by atoms with Gasteiger partial charge in [0.2, 0.25) is 5.78 Å². The van der Waals surface area contributed by atoms with Crippen molar-refractivity contribution in [3.63, 3.8) is 0 Å². The van der Waals surface area contributed by atoms with E-state index in [9.17, 15) is 4.79 Å². The van der Waals surface area contributed by atoms with E-state index in [0.29, 0.717) is 0 Å². The molecule has 0 unspecified atom stereocenters. The van der Waals surface area contributed by atoms with Crippen LogP contribution in [-0.4, -0.2) is 12.4 Å². The molecule has 0 saturated carbocycles. The lowest BCUT2D eigenvalue weighted by Gasteiger charge is -2.11. The van der Waals surface area contributed by atoms with Gasteiger partial charge in [-0.05, 0) is 56.5 Å². The van der Waals surface area contributed by atoms with Crippen LogP contribution in [0.15, 0.2) is 36.4 Å². The van der Waals surface area contributed by atoms with Gasteiger partial charge in [0.25, 0.3) is 0 Å². The number of carbonyl (C=O) groups excluding carboxylic acids is 1. The van der Waals surface area contributed by atoms with E-state index in [1.165, 1.54) is 5.56 Å². The maximum absolute atomic E-state index is 12.3. The molecule has 0 aliphatic carbocycles. The number of Topliss-reactive ketones (excluding diaryl/α,β-unsaturated/α-hetero) is 1. The van der Waals surface area contributed by atoms with Gasteiger partial charge in [-0.15, -0.1) is 0 Å². The summed E-state index contributed by atoms with van der Waals surface area (Å²) in [5.41, 5.74) is 5.11. The summed E-state index contributed by atoms with van der Waals surface area (Å²) in [6.45, 7) is 8.06. The maximum Gasteiger partial charge on any atom is 0.200 e. The van der Waals surface area contributed by atoms with E-state index in [2.05, 4.69) is 0 Å². The predicted molar refractivity (Wildman–Crippen MR) is 81.7 cm³/mol. The van der Waals surface area contributed by atoms with E-state index >= 15 is 0 Å². The van der Waals surface area contributed by atoms with Crippen LogP contribution in [0.1, 0.15) is 32.6 Å². The summed E-state index contributed by atoms with van der Waals surface area (Å²) in [6, 6.07) is 11.8. The van der Waals surface area contributed by atoms with Crippen LogP contribution in [0.3, 0.4) is 0 Å². The topological polar surface area (TPSA) is 26.3 Å². The Hall–Kier alpha value is -2.09. The fourth-order valence-electron chi connectivity index (χ4n) is 2.55. The molecule has 0 aliphatic heterocycles. The van der Waals surface area contributed by atoms with Crippen molar-refractivity contribution < 1.29 is 9.53 Å². The molecular formula is C18H20O2. The van der Waals surface area contributed by atoms with Crippen LogP contribution in [0.25, 0.3) is 0 Å². The number of ketones is 1. The second-order valence-corrected chi connectivity index (χ2v) is 5.30. The Kier molecular flexibility index (Phi) is 4.23. The first-order chi connectivity index (χ1) is 9.47. The molecule has 0 radical (unpaired) electrons. The SMILES string of the molecule is Cc1cccc(OCC(=O)c2c(C)cc(C)cc2C)c1. The van der Waals surface area contributed by atoms with Crippen molar-refractivity contribution in [3.8, 4) is 5.75 Å². The summed E-state index contributed by atoms with van der Waals surface area (Å²) in [5.74, 6) is 0.766. The zero-order valence-electron chi connectivity index (χ0n) is 12.5. The van der Waals surface area contributed by atoms with Crippen molar-refractivity contribution in [2.75, 3.05) is 6.61 Å². The molecule has 0 spiro atoms. The minimum Gasteiger partial charge on any atom is -0.485 e. The standard InChI is InChI=1S/C18H20O2/c1-12-6-5-7-16(10-12)20-11-17(19)18-14(3)8-13(2)9-15(18)4/h5-10H,11H2,1-4H3. The molecule has 0 aliphatic rings. The Balaban J connectivity index is 2.13. The third-order valence-electron chi connectivity index (χ3n) is 3.32. The average molecular weight is 268 g/mol. The van der Waals surface area contributed by atoms with E-state index in [0.717, 1.165) is 28.0 Å². The molecule has 0 fully saturated rings. The fraction of sp³-hybridized carbons (Fsp3) is 0.278. The summed E-state index contributed by atoms with van der Waals surface area (Å²) >= 11 is 0. The van der Waals surface area contributed by atoms with Gasteiger partial charge in [-0.2, -0.15) is 0 Å². The van der Waals surface area contributed by atoms with E-state index in [4.69, 9.17) is 4.74 Å². The van der Waals surface area contributed by atoms with Crippen LogP contribution >= 0.6 is 0 Å². The molecule has 0 amide bonds. The largest absolute Gasteiger partial charge is 0.485 e. The molecule has 2 rings (SSSR count). The predicted octanol–water partition coefficient (Wildman–Crippen LogP) is 4.18. The molecule has 2 aromatic carbocycles. The molecule has 104 valence electrons. The Morgan fingerprint density at radius 2 is 1.60 bits per heavy atom. The van der Waals surface area contributed by atoms with Crippen molar-refractivity contribution in [1.82, 2.24) is 0 Å². The molecule has 0 atom stereocenters. The lowest BCUT2D eigenvalue weighted by molar-refractivity contribution is 0.0920. The molecule has 2 aromatic rings. The van der Waals surface area contributed by atoms with E-state index < -0.39 is 0 Å². The number of hydrogen-bond acceptors (Lipinski definition) is 2. The highest BCUT2D eigenvalue weighted by Crippen LogP contribution is 2.18. The van der Waals surface area contributed by atoms with Gasteiger partial charge in [-0.1, -0.05) is 29.8 Å². The van der Waals surface area contributed by atoms with Crippen LogP contribution in [0, 0.1) is 27.7 Å². The number of rotatable bonds is 4. The van der Waals surface area contributed by atoms with Gasteiger partial charge in [0.15, 0.2) is 6.61 Å². The Bertz CT molecular complexity index is 619. The Labute approximate surface area is 120 Å². The zero-order chi connectivity index (χ0) is 14.7. The Morgan fingerprint density at radius 1 is 0.950 bits per heavy atom. The highest BCUT2D eigenvalue weighted by Gasteiger charge is 2.13. The highest BCUT2D eigenvalue weighted by molar-refractivity contribution is 6.00. The third-order valence-corrected chi connectivity index (χ3v) is 3.32. The minimum atomic E-state index is 0.0292. The molecule has 0 bridgehead atoms. The molecule has 0 saturated heterocycles. The highest BCUT2D eigenvalue weighted by atomic mass is 16.5. The van der Waals surface area contributed by atoms with Gasteiger partial charge in [-0.25, -0.2) is 0 Å². The molecule has 0 aromatic heterocycles. The first kappa shape index (κ1) is 14.3. The van der Waals surface area contributed by atoms with E-state index in [1.54, 1.807) is 0 Å². The average Bonchev–Trinajstić information content (AvgIpc) is 2.35. The third kappa shape index (κ3) is 3.27. The van der Waals surface area contributed by atoms with Gasteiger partial charge in [0.05, 0.1) is 0 Å². The smallest absolute Gasteiger partial charge is 0.200 e. The van der Waals surface area contributed by atoms with Crippen molar-refractivity contribution >= 4 is 5.78 Å².